The molecule has 6 heteroatoms. The molecule has 3 rings (SSSR count). The molecule has 1 aromatic carbocycles. The average molecular weight is 342 g/mol. The molecule has 25 heavy (non-hydrogen) atoms. The van der Waals surface area contributed by atoms with Crippen molar-refractivity contribution < 1.29 is 9.32 Å². The van der Waals surface area contributed by atoms with Gasteiger partial charge in [0.2, 0.25) is 11.8 Å². The van der Waals surface area contributed by atoms with Crippen LogP contribution < -0.4 is 0 Å². The Morgan fingerprint density at radius 1 is 1.32 bits per heavy atom. The van der Waals surface area contributed by atoms with Crippen LogP contribution in [0.5, 0.6) is 0 Å². The van der Waals surface area contributed by atoms with Crippen LogP contribution in [-0.2, 0) is 24.3 Å². The molecule has 0 radical (unpaired) electrons. The van der Waals surface area contributed by atoms with E-state index >= 15 is 0 Å². The first-order valence-electron chi connectivity index (χ1n) is 8.87. The van der Waals surface area contributed by atoms with Gasteiger partial charge in [-0.1, -0.05) is 49.3 Å². The molecule has 0 aliphatic carbocycles. The van der Waals surface area contributed by atoms with Crippen molar-refractivity contribution in [3.63, 3.8) is 0 Å². The molecule has 6 nitrogen and oxygen atoms in total. The van der Waals surface area contributed by atoms with E-state index in [1.165, 1.54) is 0 Å². The van der Waals surface area contributed by atoms with Crippen molar-refractivity contribution in [3.05, 3.63) is 47.6 Å². The summed E-state index contributed by atoms with van der Waals surface area (Å²) in [6, 6.07) is 9.99. The third kappa shape index (κ3) is 4.45. The van der Waals surface area contributed by atoms with Crippen LogP contribution in [0.2, 0.25) is 0 Å². The molecular formula is C19H26N4O2. The summed E-state index contributed by atoms with van der Waals surface area (Å²) in [5, 5.41) is 4.02. The first kappa shape index (κ1) is 17.6. The summed E-state index contributed by atoms with van der Waals surface area (Å²) in [6.45, 7) is 6.20. The number of likely N-dealkylation sites (N-methyl/N-ethyl adjacent to an activating group) is 1. The lowest BCUT2D eigenvalue weighted by molar-refractivity contribution is -0.132. The number of benzene rings is 1. The van der Waals surface area contributed by atoms with Crippen LogP contribution in [0, 0.1) is 5.92 Å². The fraction of sp³-hybridized carbons (Fsp3) is 0.526. The molecule has 0 spiro atoms. The van der Waals surface area contributed by atoms with E-state index in [9.17, 15) is 4.79 Å². The number of carbonyl (C=O) groups excluding carboxylic acids is 1. The summed E-state index contributed by atoms with van der Waals surface area (Å²) in [4.78, 5) is 21.1. The first-order chi connectivity index (χ1) is 12.0. The number of amides is 1. The Labute approximate surface area is 148 Å². The number of likely N-dealkylation sites (tertiary alicyclic amines) is 1. The Bertz CT molecular complexity index is 698. The standard InChI is InChI=1S/C19H26N4O2/c1-14(2)11-17-20-18(25-21-17)13-22(3)16-9-10-23(19(16)24)12-15-7-5-4-6-8-15/h4-8,14,16H,9-13H2,1-3H3. The highest BCUT2D eigenvalue weighted by Gasteiger charge is 2.34. The van der Waals surface area contributed by atoms with Crippen LogP contribution in [0.4, 0.5) is 0 Å². The van der Waals surface area contributed by atoms with E-state index in [2.05, 4.69) is 36.1 Å². The lowest BCUT2D eigenvalue weighted by Crippen LogP contribution is -2.39. The minimum Gasteiger partial charge on any atom is -0.338 e. The Hall–Kier alpha value is -2.21. The highest BCUT2D eigenvalue weighted by Crippen LogP contribution is 2.20. The Morgan fingerprint density at radius 3 is 2.80 bits per heavy atom. The van der Waals surface area contributed by atoms with Gasteiger partial charge in [-0.25, -0.2) is 0 Å². The maximum Gasteiger partial charge on any atom is 0.240 e. The molecule has 1 aromatic heterocycles. The highest BCUT2D eigenvalue weighted by molar-refractivity contribution is 5.83. The third-order valence-corrected chi connectivity index (χ3v) is 4.50. The number of carbonyl (C=O) groups is 1. The van der Waals surface area contributed by atoms with E-state index < -0.39 is 0 Å². The van der Waals surface area contributed by atoms with Crippen LogP contribution in [-0.4, -0.2) is 45.5 Å². The maximum absolute atomic E-state index is 12.7. The molecule has 0 bridgehead atoms. The van der Waals surface area contributed by atoms with Gasteiger partial charge in [-0.15, -0.1) is 0 Å². The smallest absolute Gasteiger partial charge is 0.240 e. The fourth-order valence-electron chi connectivity index (χ4n) is 3.22. The minimum atomic E-state index is -0.121. The number of aromatic nitrogens is 2. The topological polar surface area (TPSA) is 62.5 Å². The lowest BCUT2D eigenvalue weighted by atomic mass is 10.1. The van der Waals surface area contributed by atoms with E-state index in [-0.39, 0.29) is 11.9 Å². The average Bonchev–Trinajstić information content (AvgIpc) is 3.15. The van der Waals surface area contributed by atoms with Gasteiger partial charge in [-0.2, -0.15) is 4.98 Å². The zero-order valence-corrected chi connectivity index (χ0v) is 15.2. The summed E-state index contributed by atoms with van der Waals surface area (Å²) >= 11 is 0. The number of rotatable bonds is 7. The summed E-state index contributed by atoms with van der Waals surface area (Å²) in [6.07, 6.45) is 1.63. The summed E-state index contributed by atoms with van der Waals surface area (Å²) < 4.78 is 5.33. The molecule has 2 heterocycles. The fourth-order valence-corrected chi connectivity index (χ4v) is 3.22. The number of hydrogen-bond donors (Lipinski definition) is 0. The van der Waals surface area contributed by atoms with Crippen LogP contribution in [0.25, 0.3) is 0 Å². The molecule has 1 atom stereocenters. The van der Waals surface area contributed by atoms with Crippen molar-refractivity contribution in [1.29, 1.82) is 0 Å². The van der Waals surface area contributed by atoms with Gasteiger partial charge in [0, 0.05) is 19.5 Å². The number of hydrogen-bond acceptors (Lipinski definition) is 5. The molecule has 1 aliphatic rings. The second kappa shape index (κ2) is 7.78. The van der Waals surface area contributed by atoms with Gasteiger partial charge < -0.3 is 9.42 Å². The largest absolute Gasteiger partial charge is 0.338 e. The Kier molecular flexibility index (Phi) is 5.48. The van der Waals surface area contributed by atoms with Gasteiger partial charge in [0.1, 0.15) is 0 Å². The van der Waals surface area contributed by atoms with Crippen LogP contribution in [0.3, 0.4) is 0 Å². The van der Waals surface area contributed by atoms with Crippen molar-refractivity contribution in [3.8, 4) is 0 Å². The van der Waals surface area contributed by atoms with Crippen molar-refractivity contribution in [1.82, 2.24) is 19.9 Å². The molecular weight excluding hydrogens is 316 g/mol. The van der Waals surface area contributed by atoms with Gasteiger partial charge in [-0.3, -0.25) is 9.69 Å². The second-order valence-corrected chi connectivity index (χ2v) is 7.17. The Balaban J connectivity index is 1.56. The molecule has 1 unspecified atom stereocenters. The van der Waals surface area contributed by atoms with Crippen molar-refractivity contribution in [2.75, 3.05) is 13.6 Å². The van der Waals surface area contributed by atoms with Crippen LogP contribution in [0.1, 0.15) is 37.5 Å². The van der Waals surface area contributed by atoms with E-state index in [0.717, 1.165) is 30.8 Å². The highest BCUT2D eigenvalue weighted by atomic mass is 16.5. The molecule has 1 fully saturated rings. The molecule has 1 amide bonds. The zero-order valence-electron chi connectivity index (χ0n) is 15.2. The van der Waals surface area contributed by atoms with Crippen LogP contribution in [0.15, 0.2) is 34.9 Å². The molecule has 2 aromatic rings. The summed E-state index contributed by atoms with van der Waals surface area (Å²) in [5.41, 5.74) is 1.16. The quantitative estimate of drug-likeness (QED) is 0.774. The van der Waals surface area contributed by atoms with Gasteiger partial charge in [-0.05, 0) is 24.9 Å². The van der Waals surface area contributed by atoms with Gasteiger partial charge in [0.15, 0.2) is 5.82 Å². The van der Waals surface area contributed by atoms with E-state index in [1.54, 1.807) is 0 Å². The maximum atomic E-state index is 12.7. The van der Waals surface area contributed by atoms with Crippen molar-refractivity contribution >= 4 is 5.91 Å². The van der Waals surface area contributed by atoms with E-state index in [0.29, 0.717) is 24.9 Å². The molecule has 1 aliphatic heterocycles. The van der Waals surface area contributed by atoms with E-state index in [1.807, 2.05) is 35.0 Å². The monoisotopic (exact) mass is 342 g/mol. The lowest BCUT2D eigenvalue weighted by Gasteiger charge is -2.22. The molecule has 1 saturated heterocycles. The van der Waals surface area contributed by atoms with Crippen LogP contribution >= 0.6 is 0 Å². The third-order valence-electron chi connectivity index (χ3n) is 4.50. The van der Waals surface area contributed by atoms with Crippen molar-refractivity contribution in [2.24, 2.45) is 5.92 Å². The molecule has 0 N–H and O–H groups in total. The Morgan fingerprint density at radius 2 is 2.08 bits per heavy atom. The van der Waals surface area contributed by atoms with Crippen molar-refractivity contribution in [2.45, 2.75) is 45.8 Å². The molecule has 134 valence electrons. The van der Waals surface area contributed by atoms with Gasteiger partial charge >= 0.3 is 0 Å². The summed E-state index contributed by atoms with van der Waals surface area (Å²) in [7, 11) is 1.95. The zero-order chi connectivity index (χ0) is 17.8. The van der Waals surface area contributed by atoms with Gasteiger partial charge in [0.05, 0.1) is 12.6 Å². The number of nitrogens with zero attached hydrogens (tertiary/aromatic N) is 4. The van der Waals surface area contributed by atoms with E-state index in [4.69, 9.17) is 4.52 Å². The predicted octanol–water partition coefficient (Wildman–Crippen LogP) is 2.50. The van der Waals surface area contributed by atoms with Gasteiger partial charge in [0.25, 0.3) is 0 Å². The summed E-state index contributed by atoms with van der Waals surface area (Å²) in [5.74, 6) is 1.98. The first-order valence-corrected chi connectivity index (χ1v) is 8.87. The normalized spacial score (nSPS) is 17.9. The predicted molar refractivity (Wildman–Crippen MR) is 94.6 cm³/mol. The molecule has 0 saturated carbocycles. The second-order valence-electron chi connectivity index (χ2n) is 7.17. The minimum absolute atomic E-state index is 0.121. The SMILES string of the molecule is CC(C)Cc1noc(CN(C)C2CCN(Cc3ccccc3)C2=O)n1.